The van der Waals surface area contributed by atoms with Gasteiger partial charge in [-0.15, -0.1) is 0 Å². The number of thioether (sulfide) groups is 1. The number of alkyl halides is 3. The Morgan fingerprint density at radius 2 is 1.82 bits per heavy atom. The molecule has 0 atom stereocenters. The minimum atomic E-state index is -4.41. The number of urea groups is 1. The van der Waals surface area contributed by atoms with E-state index in [2.05, 4.69) is 10.3 Å². The van der Waals surface area contributed by atoms with Gasteiger partial charge >= 0.3 is 11.5 Å². The summed E-state index contributed by atoms with van der Waals surface area (Å²) in [6, 6.07) is 12.4. The Bertz CT molecular complexity index is 1260. The minimum absolute atomic E-state index is 0.00747. The van der Waals surface area contributed by atoms with E-state index >= 15 is 0 Å². The summed E-state index contributed by atoms with van der Waals surface area (Å²) in [4.78, 5) is 33.6. The summed E-state index contributed by atoms with van der Waals surface area (Å²) < 4.78 is 37.9. The molecular formula is C23H19F3N4O2S. The number of hydrogen-bond acceptors (Lipinski definition) is 5. The number of halogens is 3. The lowest BCUT2D eigenvalue weighted by Gasteiger charge is -2.22. The number of nitrogens with one attached hydrogen (secondary N) is 1. The molecule has 6 nitrogen and oxygen atoms in total. The van der Waals surface area contributed by atoms with E-state index in [0.717, 1.165) is 27.1 Å². The monoisotopic (exact) mass is 472 g/mol. The second-order valence-corrected chi connectivity index (χ2v) is 9.17. The molecule has 1 aliphatic heterocycles. The normalized spacial score (nSPS) is 17.3. The summed E-state index contributed by atoms with van der Waals surface area (Å²) in [5.41, 5.74) is -2.49. The van der Waals surface area contributed by atoms with Gasteiger partial charge in [-0.05, 0) is 78.7 Å². The van der Waals surface area contributed by atoms with E-state index in [1.54, 1.807) is 11.1 Å². The summed E-state index contributed by atoms with van der Waals surface area (Å²) in [7, 11) is 1.81. The van der Waals surface area contributed by atoms with Crippen LogP contribution >= 0.6 is 11.8 Å². The molecule has 1 saturated carbocycles. The summed E-state index contributed by atoms with van der Waals surface area (Å²) in [6.07, 6.45) is 2.79. The predicted octanol–water partition coefficient (Wildman–Crippen LogP) is 5.39. The number of nitrogens with zero attached hydrogens (tertiary/aromatic N) is 3. The van der Waals surface area contributed by atoms with Crippen LogP contribution in [0.15, 0.2) is 59.6 Å². The topological polar surface area (TPSA) is 65.5 Å². The van der Waals surface area contributed by atoms with Gasteiger partial charge in [0.25, 0.3) is 5.91 Å². The van der Waals surface area contributed by atoms with Gasteiger partial charge in [0.1, 0.15) is 5.54 Å². The molecule has 3 amide bonds. The van der Waals surface area contributed by atoms with Crippen molar-refractivity contribution in [3.05, 3.63) is 60.3 Å². The third-order valence-corrected chi connectivity index (χ3v) is 6.78. The zero-order chi connectivity index (χ0) is 23.4. The third-order valence-electron chi connectivity index (χ3n) is 6.04. The van der Waals surface area contributed by atoms with Crippen LogP contribution in [0.25, 0.3) is 10.9 Å². The highest BCUT2D eigenvalue weighted by Gasteiger charge is 2.65. The van der Waals surface area contributed by atoms with Crippen molar-refractivity contribution in [1.82, 2.24) is 9.88 Å². The maximum Gasteiger partial charge on any atom is 0.446 e. The smallest absolute Gasteiger partial charge is 0.388 e. The van der Waals surface area contributed by atoms with Crippen molar-refractivity contribution in [3.63, 3.8) is 0 Å². The molecule has 1 saturated heterocycles. The molecule has 2 aromatic carbocycles. The highest BCUT2D eigenvalue weighted by Crippen LogP contribution is 2.50. The molecule has 0 bridgehead atoms. The van der Waals surface area contributed by atoms with Crippen molar-refractivity contribution in [2.45, 2.75) is 35.3 Å². The largest absolute Gasteiger partial charge is 0.446 e. The van der Waals surface area contributed by atoms with Crippen LogP contribution in [0, 0.1) is 0 Å². The Hall–Kier alpha value is -3.27. The number of amides is 3. The van der Waals surface area contributed by atoms with Gasteiger partial charge in [0.05, 0.1) is 11.2 Å². The molecule has 1 N–H and O–H groups in total. The fourth-order valence-corrected chi connectivity index (χ4v) is 4.77. The van der Waals surface area contributed by atoms with Gasteiger partial charge in [0, 0.05) is 35.8 Å². The maximum absolute atomic E-state index is 13.4. The van der Waals surface area contributed by atoms with Crippen LogP contribution in [0.4, 0.5) is 29.3 Å². The predicted molar refractivity (Wildman–Crippen MR) is 120 cm³/mol. The van der Waals surface area contributed by atoms with E-state index in [9.17, 15) is 22.8 Å². The fourth-order valence-electron chi connectivity index (χ4n) is 4.23. The van der Waals surface area contributed by atoms with Crippen LogP contribution in [0.3, 0.4) is 0 Å². The summed E-state index contributed by atoms with van der Waals surface area (Å²) >= 11 is -0.238. The summed E-state index contributed by atoms with van der Waals surface area (Å²) in [6.45, 7) is 0.231. The Morgan fingerprint density at radius 3 is 2.45 bits per heavy atom. The van der Waals surface area contributed by atoms with Gasteiger partial charge in [-0.25, -0.2) is 9.69 Å². The summed E-state index contributed by atoms with van der Waals surface area (Å²) in [5, 5.41) is 3.97. The zero-order valence-corrected chi connectivity index (χ0v) is 18.3. The number of anilines is 2. The Morgan fingerprint density at radius 1 is 1.09 bits per heavy atom. The van der Waals surface area contributed by atoms with E-state index in [4.69, 9.17) is 0 Å². The lowest BCUT2D eigenvalue weighted by atomic mass is 10.1. The first kappa shape index (κ1) is 21.6. The molecule has 2 heterocycles. The number of rotatable bonds is 5. The van der Waals surface area contributed by atoms with E-state index < -0.39 is 17.1 Å². The van der Waals surface area contributed by atoms with Gasteiger partial charge < -0.3 is 10.2 Å². The first-order valence-electron chi connectivity index (χ1n) is 10.3. The number of carbonyl (C=O) groups is 2. The van der Waals surface area contributed by atoms with Crippen molar-refractivity contribution in [3.8, 4) is 0 Å². The van der Waals surface area contributed by atoms with Gasteiger partial charge in [0.2, 0.25) is 0 Å². The van der Waals surface area contributed by atoms with Gasteiger partial charge in [0.15, 0.2) is 0 Å². The highest BCUT2D eigenvalue weighted by molar-refractivity contribution is 8.00. The van der Waals surface area contributed by atoms with E-state index in [1.165, 1.54) is 24.3 Å². The number of imide groups is 1. The van der Waals surface area contributed by atoms with Gasteiger partial charge in [-0.1, -0.05) is 0 Å². The van der Waals surface area contributed by atoms with Crippen molar-refractivity contribution in [1.29, 1.82) is 0 Å². The Balaban J connectivity index is 1.46. The van der Waals surface area contributed by atoms with E-state index in [-0.39, 0.29) is 34.8 Å². The van der Waals surface area contributed by atoms with Gasteiger partial charge in [-0.3, -0.25) is 9.78 Å². The standard InChI is InChI=1S/C23H19F3N4O2S/c1-27-15-2-7-19-18(12-15)14(8-11-28-19)13-29-21(32)30(20(31)22(29)9-10-22)16-3-5-17(6-4-16)33-23(24,25)26/h2-8,11-12,27H,9-10,13H2,1H3. The first-order valence-corrected chi connectivity index (χ1v) is 11.1. The molecule has 33 heavy (non-hydrogen) atoms. The molecule has 0 radical (unpaired) electrons. The van der Waals surface area contributed by atoms with Gasteiger partial charge in [-0.2, -0.15) is 13.2 Å². The van der Waals surface area contributed by atoms with Crippen molar-refractivity contribution < 1.29 is 22.8 Å². The van der Waals surface area contributed by atoms with Crippen LogP contribution in [0.1, 0.15) is 18.4 Å². The molecule has 5 rings (SSSR count). The van der Waals surface area contributed by atoms with Crippen molar-refractivity contribution >= 4 is 46.0 Å². The van der Waals surface area contributed by atoms with Crippen LogP contribution < -0.4 is 10.2 Å². The average molecular weight is 472 g/mol. The van der Waals surface area contributed by atoms with Crippen LogP contribution in [-0.2, 0) is 11.3 Å². The molecule has 1 aromatic heterocycles. The molecule has 170 valence electrons. The highest BCUT2D eigenvalue weighted by atomic mass is 32.2. The van der Waals surface area contributed by atoms with Crippen LogP contribution in [-0.4, -0.2) is 39.9 Å². The summed E-state index contributed by atoms with van der Waals surface area (Å²) in [5.74, 6) is -0.335. The second kappa shape index (κ2) is 7.65. The number of benzene rings is 2. The van der Waals surface area contributed by atoms with Crippen molar-refractivity contribution in [2.75, 3.05) is 17.3 Å². The van der Waals surface area contributed by atoms with E-state index in [0.29, 0.717) is 12.8 Å². The van der Waals surface area contributed by atoms with Crippen LogP contribution in [0.5, 0.6) is 0 Å². The molecule has 2 aliphatic rings. The average Bonchev–Trinajstić information content (AvgIpc) is 3.55. The number of aromatic nitrogens is 1. The Kier molecular flexibility index (Phi) is 5.00. The number of pyridine rings is 1. The lowest BCUT2D eigenvalue weighted by Crippen LogP contribution is -2.36. The quantitative estimate of drug-likeness (QED) is 0.399. The van der Waals surface area contributed by atoms with Crippen molar-refractivity contribution in [2.24, 2.45) is 0 Å². The number of hydrogen-bond donors (Lipinski definition) is 1. The molecule has 1 spiro atoms. The third kappa shape index (κ3) is 3.78. The molecule has 3 aromatic rings. The zero-order valence-electron chi connectivity index (χ0n) is 17.5. The van der Waals surface area contributed by atoms with Crippen LogP contribution in [0.2, 0.25) is 0 Å². The Labute approximate surface area is 191 Å². The molecule has 0 unspecified atom stereocenters. The molecule has 2 fully saturated rings. The lowest BCUT2D eigenvalue weighted by molar-refractivity contribution is -0.120. The first-order chi connectivity index (χ1) is 15.7. The number of fused-ring (bicyclic) bond motifs is 1. The molecule has 10 heteroatoms. The second-order valence-electron chi connectivity index (χ2n) is 8.03. The van der Waals surface area contributed by atoms with E-state index in [1.807, 2.05) is 31.3 Å². The number of carbonyl (C=O) groups excluding carboxylic acids is 2. The molecular weight excluding hydrogens is 453 g/mol. The molecule has 1 aliphatic carbocycles. The minimum Gasteiger partial charge on any atom is -0.388 e. The maximum atomic E-state index is 13.4. The fraction of sp³-hybridized carbons (Fsp3) is 0.261. The SMILES string of the molecule is CNc1ccc2nccc(CN3C(=O)N(c4ccc(SC(F)(F)F)cc4)C(=O)C34CC4)c2c1.